The molecule has 112 valence electrons. The molecule has 21 heavy (non-hydrogen) atoms. The summed E-state index contributed by atoms with van der Waals surface area (Å²) in [5.74, 6) is -1.23. The second kappa shape index (κ2) is 5.44. The Morgan fingerprint density at radius 1 is 1.33 bits per heavy atom. The van der Waals surface area contributed by atoms with Gasteiger partial charge in [-0.15, -0.1) is 0 Å². The zero-order valence-electron chi connectivity index (χ0n) is 11.9. The molecule has 0 spiro atoms. The van der Waals surface area contributed by atoms with Gasteiger partial charge >= 0.3 is 5.97 Å². The number of halogens is 1. The van der Waals surface area contributed by atoms with E-state index in [1.807, 2.05) is 30.0 Å². The highest BCUT2D eigenvalue weighted by Gasteiger charge is 2.46. The SMILES string of the molecule is Cc1ccc(C2C(C(=O)O)CCC(=O)N2C2CC2)cc1Br. The van der Waals surface area contributed by atoms with Crippen LogP contribution >= 0.6 is 15.9 Å². The third-order valence-electron chi connectivity index (χ3n) is 4.43. The van der Waals surface area contributed by atoms with Crippen LogP contribution in [0.15, 0.2) is 22.7 Å². The molecule has 1 aromatic rings. The van der Waals surface area contributed by atoms with Gasteiger partial charge in [-0.25, -0.2) is 0 Å². The quantitative estimate of drug-likeness (QED) is 0.908. The summed E-state index contributed by atoms with van der Waals surface area (Å²) in [4.78, 5) is 25.8. The lowest BCUT2D eigenvalue weighted by atomic mass is 9.84. The average Bonchev–Trinajstić information content (AvgIpc) is 3.25. The van der Waals surface area contributed by atoms with Crippen molar-refractivity contribution in [3.63, 3.8) is 0 Å². The molecule has 2 unspecified atom stereocenters. The molecule has 1 N–H and O–H groups in total. The number of hydrogen-bond acceptors (Lipinski definition) is 2. The highest BCUT2D eigenvalue weighted by molar-refractivity contribution is 9.10. The molecule has 2 aliphatic rings. The number of carbonyl (C=O) groups is 2. The number of rotatable bonds is 3. The fraction of sp³-hybridized carbons (Fsp3) is 0.500. The molecular formula is C16H18BrNO3. The van der Waals surface area contributed by atoms with Crippen LogP contribution in [-0.4, -0.2) is 27.9 Å². The molecule has 1 saturated carbocycles. The number of carbonyl (C=O) groups excluding carboxylic acids is 1. The highest BCUT2D eigenvalue weighted by Crippen LogP contribution is 2.44. The minimum atomic E-state index is -0.810. The summed E-state index contributed by atoms with van der Waals surface area (Å²) in [5, 5.41) is 9.55. The number of aryl methyl sites for hydroxylation is 1. The fourth-order valence-electron chi connectivity index (χ4n) is 3.14. The molecule has 1 heterocycles. The first kappa shape index (κ1) is 14.6. The van der Waals surface area contributed by atoms with E-state index in [9.17, 15) is 14.7 Å². The summed E-state index contributed by atoms with van der Waals surface area (Å²) in [6.07, 6.45) is 2.74. The topological polar surface area (TPSA) is 57.6 Å². The van der Waals surface area contributed by atoms with Crippen molar-refractivity contribution in [2.75, 3.05) is 0 Å². The number of benzene rings is 1. The van der Waals surface area contributed by atoms with Crippen molar-refractivity contribution >= 4 is 27.8 Å². The monoisotopic (exact) mass is 351 g/mol. The van der Waals surface area contributed by atoms with Gasteiger partial charge in [0.15, 0.2) is 0 Å². The molecule has 0 radical (unpaired) electrons. The molecule has 1 aliphatic heterocycles. The van der Waals surface area contributed by atoms with Crippen LogP contribution in [0.3, 0.4) is 0 Å². The van der Waals surface area contributed by atoms with E-state index in [-0.39, 0.29) is 18.0 Å². The van der Waals surface area contributed by atoms with Gasteiger partial charge in [0.2, 0.25) is 5.91 Å². The Hall–Kier alpha value is -1.36. The van der Waals surface area contributed by atoms with Crippen molar-refractivity contribution in [2.45, 2.75) is 44.7 Å². The van der Waals surface area contributed by atoms with Gasteiger partial charge in [0.1, 0.15) is 0 Å². The number of likely N-dealkylation sites (tertiary alicyclic amines) is 1. The fourth-order valence-corrected chi connectivity index (χ4v) is 3.54. The van der Waals surface area contributed by atoms with Crippen LogP contribution in [0, 0.1) is 12.8 Å². The van der Waals surface area contributed by atoms with E-state index in [1.165, 1.54) is 0 Å². The maximum absolute atomic E-state index is 12.3. The maximum Gasteiger partial charge on any atom is 0.308 e. The molecule has 1 amide bonds. The molecule has 1 saturated heterocycles. The van der Waals surface area contributed by atoms with E-state index >= 15 is 0 Å². The van der Waals surface area contributed by atoms with Crippen molar-refractivity contribution in [3.05, 3.63) is 33.8 Å². The molecular weight excluding hydrogens is 334 g/mol. The van der Waals surface area contributed by atoms with Crippen LogP contribution in [0.1, 0.15) is 42.9 Å². The van der Waals surface area contributed by atoms with E-state index in [0.717, 1.165) is 28.4 Å². The van der Waals surface area contributed by atoms with Gasteiger partial charge in [0, 0.05) is 16.9 Å². The number of hydrogen-bond donors (Lipinski definition) is 1. The Morgan fingerprint density at radius 2 is 2.05 bits per heavy atom. The largest absolute Gasteiger partial charge is 0.481 e. The first-order chi connectivity index (χ1) is 9.99. The molecule has 0 bridgehead atoms. The minimum absolute atomic E-state index is 0.0942. The second-order valence-corrected chi connectivity index (χ2v) is 6.82. The van der Waals surface area contributed by atoms with E-state index in [2.05, 4.69) is 15.9 Å². The number of carboxylic acids is 1. The Morgan fingerprint density at radius 3 is 2.62 bits per heavy atom. The third kappa shape index (κ3) is 2.71. The van der Waals surface area contributed by atoms with Crippen LogP contribution in [0.5, 0.6) is 0 Å². The lowest BCUT2D eigenvalue weighted by molar-refractivity contribution is -0.152. The molecule has 5 heteroatoms. The Labute approximate surface area is 132 Å². The summed E-state index contributed by atoms with van der Waals surface area (Å²) >= 11 is 3.51. The Bertz CT molecular complexity index is 597. The predicted molar refractivity (Wildman–Crippen MR) is 81.8 cm³/mol. The van der Waals surface area contributed by atoms with Crippen LogP contribution in [0.4, 0.5) is 0 Å². The van der Waals surface area contributed by atoms with Gasteiger partial charge in [-0.1, -0.05) is 28.1 Å². The first-order valence-corrected chi connectivity index (χ1v) is 8.08. The Kier molecular flexibility index (Phi) is 3.78. The summed E-state index contributed by atoms with van der Waals surface area (Å²) in [6, 6.07) is 5.78. The summed E-state index contributed by atoms with van der Waals surface area (Å²) in [5.41, 5.74) is 2.02. The number of carboxylic acid groups (broad SMARTS) is 1. The molecule has 0 aromatic heterocycles. The van der Waals surface area contributed by atoms with Crippen LogP contribution in [-0.2, 0) is 9.59 Å². The number of nitrogens with zero attached hydrogens (tertiary/aromatic N) is 1. The molecule has 1 aliphatic carbocycles. The van der Waals surface area contributed by atoms with Crippen molar-refractivity contribution in [1.29, 1.82) is 0 Å². The van der Waals surface area contributed by atoms with Crippen molar-refractivity contribution in [1.82, 2.24) is 4.90 Å². The van der Waals surface area contributed by atoms with E-state index in [0.29, 0.717) is 12.8 Å². The van der Waals surface area contributed by atoms with Gasteiger partial charge in [0.25, 0.3) is 0 Å². The summed E-state index contributed by atoms with van der Waals surface area (Å²) in [6.45, 7) is 1.99. The lowest BCUT2D eigenvalue weighted by Crippen LogP contribution is -2.46. The van der Waals surface area contributed by atoms with Crippen LogP contribution in [0.2, 0.25) is 0 Å². The molecule has 4 nitrogen and oxygen atoms in total. The van der Waals surface area contributed by atoms with Gasteiger partial charge in [-0.2, -0.15) is 0 Å². The van der Waals surface area contributed by atoms with E-state index in [1.54, 1.807) is 0 Å². The molecule has 1 aromatic carbocycles. The standard InChI is InChI=1S/C16H18BrNO3/c1-9-2-3-10(8-13(9)17)15-12(16(20)21)6-7-14(19)18(15)11-4-5-11/h2-3,8,11-12,15H,4-7H2,1H3,(H,20,21). The summed E-state index contributed by atoms with van der Waals surface area (Å²) in [7, 11) is 0. The molecule has 2 atom stereocenters. The normalized spacial score (nSPS) is 26.0. The zero-order valence-corrected chi connectivity index (χ0v) is 13.5. The van der Waals surface area contributed by atoms with Crippen LogP contribution in [0.25, 0.3) is 0 Å². The first-order valence-electron chi connectivity index (χ1n) is 7.29. The third-order valence-corrected chi connectivity index (χ3v) is 5.29. The predicted octanol–water partition coefficient (Wildman–Crippen LogP) is 3.28. The lowest BCUT2D eigenvalue weighted by Gasteiger charge is -2.40. The van der Waals surface area contributed by atoms with Crippen molar-refractivity contribution in [3.8, 4) is 0 Å². The number of aliphatic carboxylic acids is 1. The summed E-state index contributed by atoms with van der Waals surface area (Å²) < 4.78 is 0.956. The van der Waals surface area contributed by atoms with Crippen LogP contribution < -0.4 is 0 Å². The van der Waals surface area contributed by atoms with Gasteiger partial charge in [-0.05, 0) is 43.4 Å². The Balaban J connectivity index is 2.03. The minimum Gasteiger partial charge on any atom is -0.481 e. The maximum atomic E-state index is 12.3. The van der Waals surface area contributed by atoms with Gasteiger partial charge in [-0.3, -0.25) is 9.59 Å². The van der Waals surface area contributed by atoms with Crippen molar-refractivity contribution in [2.24, 2.45) is 5.92 Å². The van der Waals surface area contributed by atoms with E-state index in [4.69, 9.17) is 0 Å². The molecule has 3 rings (SSSR count). The smallest absolute Gasteiger partial charge is 0.308 e. The number of amides is 1. The van der Waals surface area contributed by atoms with Gasteiger partial charge in [0.05, 0.1) is 12.0 Å². The second-order valence-electron chi connectivity index (χ2n) is 5.97. The zero-order chi connectivity index (χ0) is 15.1. The molecule has 2 fully saturated rings. The number of piperidine rings is 1. The van der Waals surface area contributed by atoms with E-state index < -0.39 is 11.9 Å². The van der Waals surface area contributed by atoms with Gasteiger partial charge < -0.3 is 10.0 Å². The highest BCUT2D eigenvalue weighted by atomic mass is 79.9. The van der Waals surface area contributed by atoms with Crippen molar-refractivity contribution < 1.29 is 14.7 Å². The average molecular weight is 352 g/mol.